The number of nitrogens with one attached hydrogen (secondary N) is 1. The second kappa shape index (κ2) is 6.75. The number of carbonyl (C=O) groups is 1. The van der Waals surface area contributed by atoms with Crippen LogP contribution in [-0.4, -0.2) is 19.1 Å². The van der Waals surface area contributed by atoms with Crippen molar-refractivity contribution in [3.8, 4) is 5.75 Å². The van der Waals surface area contributed by atoms with Crippen LogP contribution in [0.5, 0.6) is 5.75 Å². The number of amides is 1. The fourth-order valence-corrected chi connectivity index (χ4v) is 1.79. The maximum atomic E-state index is 10.6. The van der Waals surface area contributed by atoms with E-state index < -0.39 is 0 Å². The van der Waals surface area contributed by atoms with Crippen molar-refractivity contribution in [2.75, 3.05) is 13.2 Å². The number of fused-ring (bicyclic) bond motifs is 1. The van der Waals surface area contributed by atoms with Crippen molar-refractivity contribution in [3.05, 3.63) is 42.5 Å². The lowest BCUT2D eigenvalue weighted by Crippen LogP contribution is -2.21. The Morgan fingerprint density at radius 3 is 2.74 bits per heavy atom. The minimum absolute atomic E-state index is 0.199. The molecule has 2 aromatic rings. The molecule has 0 aliphatic heterocycles. The monoisotopic (exact) mass is 259 g/mol. The molecule has 0 heterocycles. The third kappa shape index (κ3) is 3.96. The Morgan fingerprint density at radius 1 is 1.11 bits per heavy atom. The molecule has 0 aromatic heterocycles. The molecule has 0 aliphatic carbocycles. The highest BCUT2D eigenvalue weighted by atomic mass is 16.6. The van der Waals surface area contributed by atoms with Crippen LogP contribution in [0.2, 0.25) is 0 Å². The van der Waals surface area contributed by atoms with Gasteiger partial charge in [0.2, 0.25) is 5.91 Å². The van der Waals surface area contributed by atoms with Gasteiger partial charge in [-0.05, 0) is 11.5 Å². The van der Waals surface area contributed by atoms with Gasteiger partial charge >= 0.3 is 0 Å². The smallest absolute Gasteiger partial charge is 0.240 e. The molecule has 4 nitrogen and oxygen atoms in total. The summed E-state index contributed by atoms with van der Waals surface area (Å²) in [5, 5.41) is 2.27. The normalized spacial score (nSPS) is 10.4. The molecule has 1 N–H and O–H groups in total. The van der Waals surface area contributed by atoms with Crippen LogP contribution in [0.25, 0.3) is 10.8 Å². The van der Waals surface area contributed by atoms with E-state index in [2.05, 4.69) is 17.6 Å². The molecule has 0 saturated carbocycles. The van der Waals surface area contributed by atoms with Gasteiger partial charge in [-0.1, -0.05) is 36.4 Å². The second-order valence-electron chi connectivity index (χ2n) is 4.19. The summed E-state index contributed by atoms with van der Waals surface area (Å²) in [5.74, 6) is 0.674. The quantitative estimate of drug-likeness (QED) is 0.641. The zero-order valence-corrected chi connectivity index (χ0v) is 10.9. The lowest BCUT2D eigenvalue weighted by Gasteiger charge is -2.09. The first-order valence-corrected chi connectivity index (χ1v) is 6.26. The van der Waals surface area contributed by atoms with Gasteiger partial charge in [0.1, 0.15) is 5.75 Å². The summed E-state index contributed by atoms with van der Waals surface area (Å²) < 4.78 is 5.73. The predicted octanol–water partition coefficient (Wildman–Crippen LogP) is 2.68. The fraction of sp³-hybridized carbons (Fsp3) is 0.267. The average molecular weight is 259 g/mol. The van der Waals surface area contributed by atoms with E-state index in [0.717, 1.165) is 16.5 Å². The zero-order valence-electron chi connectivity index (χ0n) is 10.9. The minimum atomic E-state index is -0.199. The molecular weight excluding hydrogens is 242 g/mol. The highest BCUT2D eigenvalue weighted by Gasteiger charge is 2.00. The minimum Gasteiger partial charge on any atom is -0.493 e. The molecular formula is C15H17NO3. The molecule has 2 aromatic carbocycles. The van der Waals surface area contributed by atoms with Crippen molar-refractivity contribution in [2.45, 2.75) is 13.3 Å². The van der Waals surface area contributed by atoms with Crippen LogP contribution in [0.4, 0.5) is 0 Å². The number of rotatable bonds is 6. The molecule has 0 unspecified atom stereocenters. The summed E-state index contributed by atoms with van der Waals surface area (Å²) in [6.07, 6.45) is 0.712. The highest BCUT2D eigenvalue weighted by molar-refractivity contribution is 5.88. The molecule has 0 saturated heterocycles. The molecule has 4 heteroatoms. The van der Waals surface area contributed by atoms with E-state index in [1.165, 1.54) is 6.92 Å². The summed E-state index contributed by atoms with van der Waals surface area (Å²) in [7, 11) is 0. The maximum absolute atomic E-state index is 10.6. The predicted molar refractivity (Wildman–Crippen MR) is 73.8 cm³/mol. The van der Waals surface area contributed by atoms with Crippen LogP contribution in [-0.2, 0) is 9.63 Å². The first-order chi connectivity index (χ1) is 9.27. The Labute approximate surface area is 112 Å². The van der Waals surface area contributed by atoms with Crippen molar-refractivity contribution in [1.82, 2.24) is 5.48 Å². The Bertz CT molecular complexity index is 549. The lowest BCUT2D eigenvalue weighted by atomic mass is 10.1. The largest absolute Gasteiger partial charge is 0.493 e. The van der Waals surface area contributed by atoms with Crippen molar-refractivity contribution in [1.29, 1.82) is 0 Å². The second-order valence-corrected chi connectivity index (χ2v) is 4.19. The van der Waals surface area contributed by atoms with Crippen LogP contribution in [0, 0.1) is 0 Å². The number of benzene rings is 2. The molecule has 0 aliphatic rings. The van der Waals surface area contributed by atoms with Crippen molar-refractivity contribution >= 4 is 16.7 Å². The van der Waals surface area contributed by atoms with Gasteiger partial charge in [0.05, 0.1) is 13.2 Å². The average Bonchev–Trinajstić information content (AvgIpc) is 2.42. The Morgan fingerprint density at radius 2 is 1.89 bits per heavy atom. The molecule has 1 amide bonds. The first-order valence-electron chi connectivity index (χ1n) is 6.26. The van der Waals surface area contributed by atoms with Gasteiger partial charge in [0.25, 0.3) is 0 Å². The van der Waals surface area contributed by atoms with Gasteiger partial charge in [0.15, 0.2) is 0 Å². The van der Waals surface area contributed by atoms with Crippen LogP contribution >= 0.6 is 0 Å². The van der Waals surface area contributed by atoms with Crippen LogP contribution in [0.15, 0.2) is 42.5 Å². The molecule has 0 radical (unpaired) electrons. The van der Waals surface area contributed by atoms with E-state index in [-0.39, 0.29) is 5.91 Å². The van der Waals surface area contributed by atoms with Gasteiger partial charge in [-0.25, -0.2) is 5.48 Å². The van der Waals surface area contributed by atoms with Gasteiger partial charge in [-0.3, -0.25) is 9.63 Å². The molecule has 0 atom stereocenters. The van der Waals surface area contributed by atoms with Crippen LogP contribution in [0.3, 0.4) is 0 Å². The lowest BCUT2D eigenvalue weighted by molar-refractivity contribution is -0.131. The SMILES string of the molecule is CC(=O)NOCCCOc1cccc2ccccc12. The summed E-state index contributed by atoms with van der Waals surface area (Å²) in [6, 6.07) is 14.1. The van der Waals surface area contributed by atoms with Crippen molar-refractivity contribution in [2.24, 2.45) is 0 Å². The van der Waals surface area contributed by atoms with E-state index in [1.54, 1.807) is 0 Å². The Kier molecular flexibility index (Phi) is 4.75. The number of hydrogen-bond acceptors (Lipinski definition) is 3. The molecule has 100 valence electrons. The molecule has 19 heavy (non-hydrogen) atoms. The van der Waals surface area contributed by atoms with E-state index in [1.807, 2.05) is 30.3 Å². The van der Waals surface area contributed by atoms with Gasteiger partial charge in [-0.15, -0.1) is 0 Å². The van der Waals surface area contributed by atoms with Gasteiger partial charge in [-0.2, -0.15) is 0 Å². The van der Waals surface area contributed by atoms with Crippen molar-refractivity contribution in [3.63, 3.8) is 0 Å². The maximum Gasteiger partial charge on any atom is 0.240 e. The third-order valence-corrected chi connectivity index (χ3v) is 2.61. The Balaban J connectivity index is 1.83. The van der Waals surface area contributed by atoms with E-state index >= 15 is 0 Å². The summed E-state index contributed by atoms with van der Waals surface area (Å²) in [6.45, 7) is 2.39. The standard InChI is InChI=1S/C15H17NO3/c1-12(17)16-19-11-5-10-18-15-9-4-7-13-6-2-3-8-14(13)15/h2-4,6-9H,5,10-11H2,1H3,(H,16,17). The van der Waals surface area contributed by atoms with E-state index in [9.17, 15) is 4.79 Å². The molecule has 2 rings (SSSR count). The van der Waals surface area contributed by atoms with Crippen molar-refractivity contribution < 1.29 is 14.4 Å². The number of ether oxygens (including phenoxy) is 1. The number of hydroxylamine groups is 1. The number of carbonyl (C=O) groups excluding carboxylic acids is 1. The van der Waals surface area contributed by atoms with E-state index in [4.69, 9.17) is 9.57 Å². The highest BCUT2D eigenvalue weighted by Crippen LogP contribution is 2.25. The summed E-state index contributed by atoms with van der Waals surface area (Å²) >= 11 is 0. The third-order valence-electron chi connectivity index (χ3n) is 2.61. The van der Waals surface area contributed by atoms with Crippen LogP contribution < -0.4 is 10.2 Å². The Hall–Kier alpha value is -2.07. The molecule has 0 fully saturated rings. The summed E-state index contributed by atoms with van der Waals surface area (Å²) in [4.78, 5) is 15.5. The topological polar surface area (TPSA) is 47.6 Å². The van der Waals surface area contributed by atoms with Gasteiger partial charge < -0.3 is 4.74 Å². The first kappa shape index (κ1) is 13.4. The molecule has 0 bridgehead atoms. The summed E-state index contributed by atoms with van der Waals surface area (Å²) in [5.41, 5.74) is 2.28. The number of hydrogen-bond donors (Lipinski definition) is 1. The van der Waals surface area contributed by atoms with Crippen LogP contribution in [0.1, 0.15) is 13.3 Å². The zero-order chi connectivity index (χ0) is 13.5. The van der Waals surface area contributed by atoms with Gasteiger partial charge in [0, 0.05) is 18.7 Å². The molecule has 0 spiro atoms. The fourth-order valence-electron chi connectivity index (χ4n) is 1.79. The van der Waals surface area contributed by atoms with E-state index in [0.29, 0.717) is 19.6 Å².